The predicted octanol–water partition coefficient (Wildman–Crippen LogP) is 3.69. The van der Waals surface area contributed by atoms with Crippen LogP contribution in [0, 0.1) is 0 Å². The number of rotatable bonds is 5. The molecule has 0 unspecified atom stereocenters. The van der Waals surface area contributed by atoms with Crippen LogP contribution in [0.1, 0.15) is 34.1 Å². The maximum atomic E-state index is 12.9. The predicted molar refractivity (Wildman–Crippen MR) is 87.3 cm³/mol. The second-order valence-electron chi connectivity index (χ2n) is 5.40. The Morgan fingerprint density at radius 3 is 2.43 bits per heavy atom. The van der Waals surface area contributed by atoms with Gasteiger partial charge in [0, 0.05) is 26.3 Å². The maximum absolute atomic E-state index is 12.9. The van der Waals surface area contributed by atoms with E-state index in [1.165, 1.54) is 12.8 Å². The molecule has 1 atom stereocenters. The minimum Gasteiger partial charge on any atom is -0.348 e. The Morgan fingerprint density at radius 2 is 1.81 bits per heavy atom. The van der Waals surface area contributed by atoms with Crippen LogP contribution in [0.4, 0.5) is 0 Å². The topological polar surface area (TPSA) is 25.2 Å². The Morgan fingerprint density at radius 1 is 1.10 bits per heavy atom. The molecule has 2 aromatic rings. The van der Waals surface area contributed by atoms with Gasteiger partial charge >= 0.3 is 0 Å². The fourth-order valence-electron chi connectivity index (χ4n) is 2.68. The van der Waals surface area contributed by atoms with Crippen LogP contribution in [0.15, 0.2) is 48.7 Å². The van der Waals surface area contributed by atoms with E-state index in [1.54, 1.807) is 11.9 Å². The number of aromatic nitrogens is 1. The monoisotopic (exact) mass is 300 g/mol. The molecule has 0 aliphatic carbocycles. The Balaban J connectivity index is 1.88. The van der Waals surface area contributed by atoms with Gasteiger partial charge in [0.05, 0.1) is 5.69 Å². The van der Waals surface area contributed by atoms with E-state index in [0.29, 0.717) is 0 Å². The highest BCUT2D eigenvalue weighted by molar-refractivity contribution is 7.98. The van der Waals surface area contributed by atoms with E-state index < -0.39 is 0 Å². The Kier molecular flexibility index (Phi) is 4.46. The molecule has 3 nitrogen and oxygen atoms in total. The van der Waals surface area contributed by atoms with Gasteiger partial charge in [0.1, 0.15) is 5.25 Å². The number of aryl methyl sites for hydroxylation is 1. The number of ketones is 1. The van der Waals surface area contributed by atoms with Crippen molar-refractivity contribution in [2.75, 3.05) is 13.1 Å². The SMILES string of the molecule is Cn1cccc1C(=O)[C@H](SN1CCCC1)c1ccccc1. The molecular weight excluding hydrogens is 280 g/mol. The van der Waals surface area contributed by atoms with Gasteiger partial charge in [-0.2, -0.15) is 0 Å². The first kappa shape index (κ1) is 14.4. The van der Waals surface area contributed by atoms with Crippen LogP contribution in [0.2, 0.25) is 0 Å². The minimum absolute atomic E-state index is 0.155. The van der Waals surface area contributed by atoms with Gasteiger partial charge in [-0.3, -0.25) is 4.79 Å². The van der Waals surface area contributed by atoms with Crippen molar-refractivity contribution in [1.29, 1.82) is 0 Å². The van der Waals surface area contributed by atoms with Gasteiger partial charge in [-0.05, 0) is 30.5 Å². The number of nitrogens with zero attached hydrogens (tertiary/aromatic N) is 2. The van der Waals surface area contributed by atoms with E-state index in [1.807, 2.05) is 48.1 Å². The van der Waals surface area contributed by atoms with Crippen molar-refractivity contribution in [2.24, 2.45) is 7.05 Å². The third-order valence-electron chi connectivity index (χ3n) is 3.86. The van der Waals surface area contributed by atoms with E-state index in [2.05, 4.69) is 16.4 Å². The van der Waals surface area contributed by atoms with Crippen LogP contribution in [-0.4, -0.2) is 27.7 Å². The first-order valence-electron chi connectivity index (χ1n) is 7.38. The average molecular weight is 300 g/mol. The molecule has 1 fully saturated rings. The maximum Gasteiger partial charge on any atom is 0.197 e. The lowest BCUT2D eigenvalue weighted by atomic mass is 10.1. The normalized spacial score (nSPS) is 17.0. The summed E-state index contributed by atoms with van der Waals surface area (Å²) in [5, 5.41) is -0.155. The van der Waals surface area contributed by atoms with E-state index >= 15 is 0 Å². The van der Waals surface area contributed by atoms with Crippen molar-refractivity contribution in [1.82, 2.24) is 8.87 Å². The van der Waals surface area contributed by atoms with E-state index in [-0.39, 0.29) is 11.0 Å². The second-order valence-corrected chi connectivity index (χ2v) is 6.60. The number of Topliss-reactive ketones (excluding diaryl/α,β-unsaturated/α-hetero) is 1. The molecule has 1 aromatic heterocycles. The summed E-state index contributed by atoms with van der Waals surface area (Å²) in [6, 6.07) is 13.9. The van der Waals surface area contributed by atoms with Gasteiger partial charge in [-0.15, -0.1) is 0 Å². The van der Waals surface area contributed by atoms with Crippen molar-refractivity contribution < 1.29 is 4.79 Å². The second kappa shape index (κ2) is 6.50. The molecule has 0 bridgehead atoms. The van der Waals surface area contributed by atoms with Crippen LogP contribution in [0.25, 0.3) is 0 Å². The third kappa shape index (κ3) is 3.22. The quantitative estimate of drug-likeness (QED) is 0.622. The Bertz CT molecular complexity index is 602. The summed E-state index contributed by atoms with van der Waals surface area (Å²) in [6.07, 6.45) is 4.38. The first-order chi connectivity index (χ1) is 10.3. The fourth-order valence-corrected chi connectivity index (χ4v) is 3.94. The van der Waals surface area contributed by atoms with Crippen LogP contribution in [0.5, 0.6) is 0 Å². The van der Waals surface area contributed by atoms with Crippen molar-refractivity contribution in [3.8, 4) is 0 Å². The molecule has 1 aliphatic rings. The largest absolute Gasteiger partial charge is 0.348 e. The minimum atomic E-state index is -0.155. The van der Waals surface area contributed by atoms with Crippen LogP contribution in [-0.2, 0) is 7.05 Å². The summed E-state index contributed by atoms with van der Waals surface area (Å²) >= 11 is 1.69. The molecule has 0 N–H and O–H groups in total. The average Bonchev–Trinajstić information content (AvgIpc) is 3.16. The zero-order valence-electron chi connectivity index (χ0n) is 12.2. The van der Waals surface area contributed by atoms with Gasteiger partial charge < -0.3 is 4.57 Å². The van der Waals surface area contributed by atoms with Crippen molar-refractivity contribution in [3.63, 3.8) is 0 Å². The van der Waals surface area contributed by atoms with Crippen molar-refractivity contribution >= 4 is 17.7 Å². The summed E-state index contributed by atoms with van der Waals surface area (Å²) in [5.41, 5.74) is 1.86. The molecular formula is C17H20N2OS. The van der Waals surface area contributed by atoms with Crippen molar-refractivity contribution in [2.45, 2.75) is 18.1 Å². The Labute approximate surface area is 130 Å². The summed E-state index contributed by atoms with van der Waals surface area (Å²) < 4.78 is 4.24. The zero-order valence-corrected chi connectivity index (χ0v) is 13.1. The lowest BCUT2D eigenvalue weighted by molar-refractivity contribution is 0.0980. The number of hydrogen-bond acceptors (Lipinski definition) is 3. The molecule has 0 amide bonds. The molecule has 21 heavy (non-hydrogen) atoms. The number of hydrogen-bond donors (Lipinski definition) is 0. The Hall–Kier alpha value is -1.52. The van der Waals surface area contributed by atoms with Gasteiger partial charge in [-0.25, -0.2) is 4.31 Å². The smallest absolute Gasteiger partial charge is 0.197 e. The highest BCUT2D eigenvalue weighted by Gasteiger charge is 2.28. The number of benzene rings is 1. The highest BCUT2D eigenvalue weighted by atomic mass is 32.2. The molecule has 3 rings (SSSR count). The van der Waals surface area contributed by atoms with Gasteiger partial charge in [-0.1, -0.05) is 42.3 Å². The molecule has 1 aliphatic heterocycles. The van der Waals surface area contributed by atoms with Crippen LogP contribution >= 0.6 is 11.9 Å². The molecule has 110 valence electrons. The lowest BCUT2D eigenvalue weighted by Gasteiger charge is -2.22. The summed E-state index contributed by atoms with van der Waals surface area (Å²) in [4.78, 5) is 12.9. The van der Waals surface area contributed by atoms with E-state index in [9.17, 15) is 4.79 Å². The summed E-state index contributed by atoms with van der Waals surface area (Å²) in [5.74, 6) is 0.186. The van der Waals surface area contributed by atoms with Crippen molar-refractivity contribution in [3.05, 3.63) is 59.9 Å². The third-order valence-corrected chi connectivity index (χ3v) is 5.22. The molecule has 1 saturated heterocycles. The molecule has 0 radical (unpaired) electrons. The van der Waals surface area contributed by atoms with Gasteiger partial charge in [0.2, 0.25) is 0 Å². The fraction of sp³-hybridized carbons (Fsp3) is 0.353. The van der Waals surface area contributed by atoms with Gasteiger partial charge in [0.25, 0.3) is 0 Å². The number of carbonyl (C=O) groups is 1. The summed E-state index contributed by atoms with van der Waals surface area (Å²) in [7, 11) is 1.93. The first-order valence-corrected chi connectivity index (χ1v) is 8.21. The molecule has 4 heteroatoms. The van der Waals surface area contributed by atoms with E-state index in [4.69, 9.17) is 0 Å². The van der Waals surface area contributed by atoms with Crippen LogP contribution < -0.4 is 0 Å². The number of carbonyl (C=O) groups excluding carboxylic acids is 1. The standard InChI is InChI=1S/C17H20N2OS/c1-18-11-7-10-15(18)16(20)17(14-8-3-2-4-9-14)21-19-12-5-6-13-19/h2-4,7-11,17H,5-6,12-13H2,1H3/t17-/m1/s1. The van der Waals surface area contributed by atoms with E-state index in [0.717, 1.165) is 24.3 Å². The summed E-state index contributed by atoms with van der Waals surface area (Å²) in [6.45, 7) is 2.16. The van der Waals surface area contributed by atoms with Gasteiger partial charge in [0.15, 0.2) is 5.78 Å². The zero-order chi connectivity index (χ0) is 14.7. The molecule has 0 saturated carbocycles. The molecule has 2 heterocycles. The highest BCUT2D eigenvalue weighted by Crippen LogP contribution is 2.36. The van der Waals surface area contributed by atoms with Crippen LogP contribution in [0.3, 0.4) is 0 Å². The molecule has 0 spiro atoms. The lowest BCUT2D eigenvalue weighted by Crippen LogP contribution is -2.19. The molecule has 1 aromatic carbocycles.